The topological polar surface area (TPSA) is 118 Å². The van der Waals surface area contributed by atoms with Gasteiger partial charge in [0.15, 0.2) is 0 Å². The van der Waals surface area contributed by atoms with Crippen molar-refractivity contribution in [2.24, 2.45) is 0 Å². The van der Waals surface area contributed by atoms with Crippen molar-refractivity contribution in [2.75, 3.05) is 0 Å². The van der Waals surface area contributed by atoms with Gasteiger partial charge in [0.2, 0.25) is 0 Å². The summed E-state index contributed by atoms with van der Waals surface area (Å²) in [5.74, 6) is 3.96. The van der Waals surface area contributed by atoms with Crippen LogP contribution in [0, 0.1) is 0 Å². The molecule has 0 aliphatic heterocycles. The normalized spacial score (nSPS) is 10.9. The lowest BCUT2D eigenvalue weighted by molar-refractivity contribution is 0.444. The van der Waals surface area contributed by atoms with Crippen molar-refractivity contribution in [1.29, 1.82) is 0 Å². The molecule has 0 atom stereocenters. The van der Waals surface area contributed by atoms with Crippen molar-refractivity contribution in [3.05, 3.63) is 205 Å². The highest BCUT2D eigenvalue weighted by molar-refractivity contribution is 5.65. The molecule has 280 valence electrons. The molecule has 0 aliphatic rings. The molecule has 0 fully saturated rings. The van der Waals surface area contributed by atoms with Crippen LogP contribution < -0.4 is 18.9 Å². The molecule has 0 aliphatic carbocycles. The van der Waals surface area contributed by atoms with E-state index >= 15 is 0 Å². The van der Waals surface area contributed by atoms with Crippen LogP contribution in [0.2, 0.25) is 0 Å². The van der Waals surface area contributed by atoms with Gasteiger partial charge in [-0.2, -0.15) is 0 Å². The summed E-state index contributed by atoms with van der Waals surface area (Å²) < 4.78 is 25.7. The zero-order chi connectivity index (χ0) is 39.1. The van der Waals surface area contributed by atoms with E-state index in [2.05, 4.69) is 36.4 Å². The van der Waals surface area contributed by atoms with E-state index in [1.165, 1.54) is 0 Å². The third kappa shape index (κ3) is 8.77. The van der Waals surface area contributed by atoms with Gasteiger partial charge in [0.1, 0.15) is 69.0 Å². The first-order chi connectivity index (χ1) is 27.8. The Balaban J connectivity index is 1.29. The highest BCUT2D eigenvalue weighted by Gasteiger charge is 2.26. The molecule has 8 heteroatoms. The van der Waals surface area contributed by atoms with Crippen LogP contribution in [0.4, 0.5) is 0 Å². The molecule has 8 nitrogen and oxygen atoms in total. The minimum atomic E-state index is -0.487. The van der Waals surface area contributed by atoms with Gasteiger partial charge in [-0.05, 0) is 126 Å². The van der Waals surface area contributed by atoms with Gasteiger partial charge in [0, 0.05) is 29.2 Å². The summed E-state index contributed by atoms with van der Waals surface area (Å²) in [6, 6.07) is 55.6. The Morgan fingerprint density at radius 2 is 0.632 bits per heavy atom. The fourth-order valence-electron chi connectivity index (χ4n) is 6.42. The largest absolute Gasteiger partial charge is 0.508 e. The average molecular weight is 753 g/mol. The van der Waals surface area contributed by atoms with Crippen LogP contribution in [0.1, 0.15) is 22.6 Å². The van der Waals surface area contributed by atoms with Crippen LogP contribution in [-0.2, 0) is 0 Å². The highest BCUT2D eigenvalue weighted by Crippen LogP contribution is 2.46. The molecule has 0 heterocycles. The van der Waals surface area contributed by atoms with Crippen molar-refractivity contribution in [2.45, 2.75) is 5.92 Å². The Bertz CT molecular complexity index is 2430. The first-order valence-corrected chi connectivity index (χ1v) is 18.1. The molecule has 0 spiro atoms. The van der Waals surface area contributed by atoms with Crippen molar-refractivity contribution in [3.8, 4) is 80.1 Å². The van der Waals surface area contributed by atoms with E-state index in [1.807, 2.05) is 54.6 Å². The maximum atomic E-state index is 10.0. The molecule has 0 radical (unpaired) electrons. The van der Waals surface area contributed by atoms with Gasteiger partial charge in [0.05, 0.1) is 0 Å². The van der Waals surface area contributed by atoms with E-state index in [-0.39, 0.29) is 23.0 Å². The zero-order valence-corrected chi connectivity index (χ0v) is 30.4. The number of rotatable bonds is 12. The smallest absolute Gasteiger partial charge is 0.135 e. The molecule has 4 N–H and O–H groups in total. The van der Waals surface area contributed by atoms with Gasteiger partial charge in [-0.1, -0.05) is 66.7 Å². The molecular weight excluding hydrogens is 717 g/mol. The number of hydrogen-bond donors (Lipinski definition) is 4. The molecule has 0 saturated carbocycles. The fraction of sp³-hybridized carbons (Fsp3) is 0.0204. The van der Waals surface area contributed by atoms with E-state index in [0.29, 0.717) is 46.0 Å². The van der Waals surface area contributed by atoms with E-state index in [1.54, 1.807) is 97.1 Å². The van der Waals surface area contributed by atoms with E-state index in [4.69, 9.17) is 18.9 Å². The van der Waals surface area contributed by atoms with Crippen LogP contribution in [0.25, 0.3) is 11.1 Å². The highest BCUT2D eigenvalue weighted by atomic mass is 16.5. The minimum absolute atomic E-state index is 0.106. The Kier molecular flexibility index (Phi) is 10.3. The lowest BCUT2D eigenvalue weighted by Crippen LogP contribution is -2.08. The summed E-state index contributed by atoms with van der Waals surface area (Å²) in [6.07, 6.45) is 0. The number of phenolic OH excluding ortho intramolecular Hbond substituents is 4. The summed E-state index contributed by atoms with van der Waals surface area (Å²) in [6.45, 7) is 0. The lowest BCUT2D eigenvalue weighted by Gasteiger charge is -2.25. The molecule has 8 aromatic rings. The molecule has 0 bridgehead atoms. The molecule has 8 rings (SSSR count). The van der Waals surface area contributed by atoms with Gasteiger partial charge < -0.3 is 39.4 Å². The van der Waals surface area contributed by atoms with Gasteiger partial charge in [-0.25, -0.2) is 0 Å². The van der Waals surface area contributed by atoms with Crippen LogP contribution in [0.5, 0.6) is 69.0 Å². The van der Waals surface area contributed by atoms with Crippen LogP contribution in [0.15, 0.2) is 188 Å². The lowest BCUT2D eigenvalue weighted by atomic mass is 9.83. The number of phenols is 4. The first kappa shape index (κ1) is 36.2. The number of aromatic hydroxyl groups is 4. The van der Waals surface area contributed by atoms with Crippen LogP contribution in [0.3, 0.4) is 0 Å². The van der Waals surface area contributed by atoms with Crippen molar-refractivity contribution >= 4 is 0 Å². The molecule has 57 heavy (non-hydrogen) atoms. The maximum Gasteiger partial charge on any atom is 0.135 e. The van der Waals surface area contributed by atoms with Crippen molar-refractivity contribution in [1.82, 2.24) is 0 Å². The standard InChI is InChI=1S/C49H36O8/c50-35-10-18-39(19-11-35)54-43-26-28-45(47(30-43)56-41-22-14-37(52)15-23-41)49(34-8-6-33(7-9-34)32-4-2-1-3-5-32)46-29-27-44(55-40-20-12-36(51)13-21-40)31-48(46)57-42-24-16-38(53)17-25-42/h1-31,49-53H. The second kappa shape index (κ2) is 16.3. The Morgan fingerprint density at radius 3 is 1.02 bits per heavy atom. The predicted octanol–water partition coefficient (Wildman–Crippen LogP) is 12.5. The SMILES string of the molecule is Oc1ccc(Oc2ccc(C(c3ccc(-c4ccccc4)cc3)c3ccc(Oc4ccc(O)cc4)cc3Oc3ccc(O)cc3)c(Oc3ccc(O)cc3)c2)cc1. The number of hydrogen-bond acceptors (Lipinski definition) is 8. The summed E-state index contributed by atoms with van der Waals surface area (Å²) in [5, 5.41) is 39.8. The Hall–Kier alpha value is -7.84. The molecule has 0 saturated heterocycles. The molecule has 0 amide bonds. The van der Waals surface area contributed by atoms with Crippen molar-refractivity contribution in [3.63, 3.8) is 0 Å². The number of ether oxygens (including phenoxy) is 4. The van der Waals surface area contributed by atoms with Crippen molar-refractivity contribution < 1.29 is 39.4 Å². The maximum absolute atomic E-state index is 10.0. The number of benzene rings is 8. The predicted molar refractivity (Wildman–Crippen MR) is 218 cm³/mol. The molecule has 0 unspecified atom stereocenters. The van der Waals surface area contributed by atoms with E-state index in [0.717, 1.165) is 27.8 Å². The van der Waals surface area contributed by atoms with Crippen LogP contribution >= 0.6 is 0 Å². The van der Waals surface area contributed by atoms with Crippen LogP contribution in [-0.4, -0.2) is 20.4 Å². The monoisotopic (exact) mass is 752 g/mol. The minimum Gasteiger partial charge on any atom is -0.508 e. The summed E-state index contributed by atoms with van der Waals surface area (Å²) in [7, 11) is 0. The Morgan fingerprint density at radius 1 is 0.298 bits per heavy atom. The molecule has 8 aromatic carbocycles. The van der Waals surface area contributed by atoms with Gasteiger partial charge in [0.25, 0.3) is 0 Å². The third-order valence-electron chi connectivity index (χ3n) is 9.22. The van der Waals surface area contributed by atoms with Gasteiger partial charge >= 0.3 is 0 Å². The summed E-state index contributed by atoms with van der Waals surface area (Å²) >= 11 is 0. The molecular formula is C49H36O8. The summed E-state index contributed by atoms with van der Waals surface area (Å²) in [4.78, 5) is 0. The van der Waals surface area contributed by atoms with E-state index < -0.39 is 5.92 Å². The average Bonchev–Trinajstić information content (AvgIpc) is 3.23. The zero-order valence-electron chi connectivity index (χ0n) is 30.4. The first-order valence-electron chi connectivity index (χ1n) is 18.1. The third-order valence-corrected chi connectivity index (χ3v) is 9.22. The Labute approximate surface area is 329 Å². The van der Waals surface area contributed by atoms with Gasteiger partial charge in [-0.15, -0.1) is 0 Å². The quantitative estimate of drug-likeness (QED) is 0.0911. The fourth-order valence-corrected chi connectivity index (χ4v) is 6.42. The molecule has 0 aromatic heterocycles. The second-order valence-electron chi connectivity index (χ2n) is 13.2. The van der Waals surface area contributed by atoms with Gasteiger partial charge in [-0.3, -0.25) is 0 Å². The van der Waals surface area contributed by atoms with E-state index in [9.17, 15) is 20.4 Å². The summed E-state index contributed by atoms with van der Waals surface area (Å²) in [5.41, 5.74) is 4.61. The second-order valence-corrected chi connectivity index (χ2v) is 13.2.